The lowest BCUT2D eigenvalue weighted by Gasteiger charge is -2.21. The Kier molecular flexibility index (Phi) is 6.12. The maximum absolute atomic E-state index is 12.6. The minimum Gasteiger partial charge on any atom is -0.311 e. The predicted octanol–water partition coefficient (Wildman–Crippen LogP) is 2.77. The molecular formula is C21H23N3O3S. The number of carbonyl (C=O) groups excluding carboxylic acids is 1. The Morgan fingerprint density at radius 3 is 2.43 bits per heavy atom. The van der Waals surface area contributed by atoms with Gasteiger partial charge in [0.2, 0.25) is 15.9 Å². The maximum atomic E-state index is 12.6. The second-order valence-electron chi connectivity index (χ2n) is 6.86. The van der Waals surface area contributed by atoms with Crippen molar-refractivity contribution in [2.24, 2.45) is 0 Å². The van der Waals surface area contributed by atoms with Crippen LogP contribution >= 0.6 is 0 Å². The van der Waals surface area contributed by atoms with E-state index in [1.54, 1.807) is 36.4 Å². The number of aryl methyl sites for hydroxylation is 2. The van der Waals surface area contributed by atoms with Gasteiger partial charge in [0.15, 0.2) is 0 Å². The number of anilines is 1. The van der Waals surface area contributed by atoms with Crippen molar-refractivity contribution < 1.29 is 13.2 Å². The summed E-state index contributed by atoms with van der Waals surface area (Å²) in [5.74, 6) is -0.197. The molecule has 7 heteroatoms. The van der Waals surface area contributed by atoms with Crippen LogP contribution in [0.15, 0.2) is 47.4 Å². The Labute approximate surface area is 165 Å². The van der Waals surface area contributed by atoms with Crippen LogP contribution in [0.2, 0.25) is 0 Å². The number of fused-ring (bicyclic) bond motifs is 1. The van der Waals surface area contributed by atoms with E-state index in [-0.39, 0.29) is 23.9 Å². The lowest BCUT2D eigenvalue weighted by molar-refractivity contribution is -0.116. The molecule has 2 aromatic carbocycles. The van der Waals surface area contributed by atoms with Crippen LogP contribution < -0.4 is 9.62 Å². The average molecular weight is 398 g/mol. The van der Waals surface area contributed by atoms with Crippen molar-refractivity contribution in [3.05, 3.63) is 59.2 Å². The highest BCUT2D eigenvalue weighted by molar-refractivity contribution is 7.89. The van der Waals surface area contributed by atoms with E-state index < -0.39 is 10.0 Å². The fourth-order valence-electron chi connectivity index (χ4n) is 3.44. The van der Waals surface area contributed by atoms with Gasteiger partial charge in [0.1, 0.15) is 0 Å². The van der Waals surface area contributed by atoms with Gasteiger partial charge < -0.3 is 4.90 Å². The van der Waals surface area contributed by atoms with E-state index in [9.17, 15) is 13.2 Å². The molecule has 1 amide bonds. The molecule has 0 aliphatic heterocycles. The van der Waals surface area contributed by atoms with E-state index in [4.69, 9.17) is 5.26 Å². The maximum Gasteiger partial charge on any atom is 0.240 e. The van der Waals surface area contributed by atoms with Crippen LogP contribution in [0.25, 0.3) is 0 Å². The van der Waals surface area contributed by atoms with E-state index in [1.807, 2.05) is 12.1 Å². The third kappa shape index (κ3) is 4.58. The summed E-state index contributed by atoms with van der Waals surface area (Å²) < 4.78 is 27.9. The Morgan fingerprint density at radius 2 is 1.79 bits per heavy atom. The molecule has 0 saturated heterocycles. The molecule has 0 atom stereocenters. The van der Waals surface area contributed by atoms with Crippen LogP contribution in [0.1, 0.15) is 36.5 Å². The van der Waals surface area contributed by atoms with Crippen molar-refractivity contribution in [3.63, 3.8) is 0 Å². The first-order chi connectivity index (χ1) is 13.4. The molecule has 0 fully saturated rings. The van der Waals surface area contributed by atoms with Crippen molar-refractivity contribution in [3.8, 4) is 6.07 Å². The normalized spacial score (nSPS) is 13.4. The summed E-state index contributed by atoms with van der Waals surface area (Å²) in [7, 11) is -3.64. The third-order valence-electron chi connectivity index (χ3n) is 4.95. The molecule has 0 aromatic heterocycles. The summed E-state index contributed by atoms with van der Waals surface area (Å²) >= 11 is 0. The van der Waals surface area contributed by atoms with Gasteiger partial charge in [0.05, 0.1) is 16.5 Å². The molecule has 0 bridgehead atoms. The largest absolute Gasteiger partial charge is 0.311 e. The van der Waals surface area contributed by atoms with Crippen LogP contribution in [0.4, 0.5) is 5.69 Å². The Balaban J connectivity index is 1.67. The topological polar surface area (TPSA) is 90.3 Å². The second kappa shape index (κ2) is 8.55. The van der Waals surface area contributed by atoms with Gasteiger partial charge in [-0.1, -0.05) is 6.07 Å². The van der Waals surface area contributed by atoms with Crippen LogP contribution in [-0.4, -0.2) is 27.4 Å². The highest BCUT2D eigenvalue weighted by Crippen LogP contribution is 2.24. The molecule has 1 N–H and O–H groups in total. The summed E-state index contributed by atoms with van der Waals surface area (Å²) in [6, 6.07) is 14.0. The Hall–Kier alpha value is -2.69. The molecule has 2 aromatic rings. The standard InChI is InChI=1S/C21H23N3O3S/c1-16(25)24(20-9-6-17(15-22)7-10-20)13-12-23-28(26,27)21-11-8-18-4-2-3-5-19(18)14-21/h6-11,14,23H,2-5,12-13H2,1H3. The van der Waals surface area contributed by atoms with Gasteiger partial charge in [-0.15, -0.1) is 0 Å². The van der Waals surface area contributed by atoms with Crippen molar-refractivity contribution in [1.29, 1.82) is 5.26 Å². The zero-order valence-corrected chi connectivity index (χ0v) is 16.6. The molecule has 0 radical (unpaired) electrons. The molecule has 3 rings (SSSR count). The fourth-order valence-corrected chi connectivity index (χ4v) is 4.51. The number of sulfonamides is 1. The molecule has 1 aliphatic carbocycles. The number of rotatable bonds is 6. The molecule has 0 spiro atoms. The third-order valence-corrected chi connectivity index (χ3v) is 6.40. The fraction of sp³-hybridized carbons (Fsp3) is 0.333. The van der Waals surface area contributed by atoms with E-state index in [2.05, 4.69) is 4.72 Å². The highest BCUT2D eigenvalue weighted by Gasteiger charge is 2.19. The zero-order chi connectivity index (χ0) is 20.1. The molecule has 0 saturated carbocycles. The van der Waals surface area contributed by atoms with E-state index >= 15 is 0 Å². The summed E-state index contributed by atoms with van der Waals surface area (Å²) in [4.78, 5) is 13.7. The summed E-state index contributed by atoms with van der Waals surface area (Å²) in [6.07, 6.45) is 4.15. The number of amides is 1. The van der Waals surface area contributed by atoms with Gasteiger partial charge in [-0.3, -0.25) is 4.79 Å². The Morgan fingerprint density at radius 1 is 1.11 bits per heavy atom. The van der Waals surface area contributed by atoms with Gasteiger partial charge in [-0.25, -0.2) is 13.1 Å². The first-order valence-electron chi connectivity index (χ1n) is 9.30. The molecule has 6 nitrogen and oxygen atoms in total. The van der Waals surface area contributed by atoms with E-state index in [0.717, 1.165) is 31.2 Å². The van der Waals surface area contributed by atoms with Gasteiger partial charge in [-0.2, -0.15) is 5.26 Å². The van der Waals surface area contributed by atoms with Crippen molar-refractivity contribution in [2.45, 2.75) is 37.5 Å². The minimum absolute atomic E-state index is 0.0962. The highest BCUT2D eigenvalue weighted by atomic mass is 32.2. The zero-order valence-electron chi connectivity index (χ0n) is 15.8. The van der Waals surface area contributed by atoms with Crippen molar-refractivity contribution >= 4 is 21.6 Å². The number of nitrogens with one attached hydrogen (secondary N) is 1. The number of benzene rings is 2. The van der Waals surface area contributed by atoms with Gasteiger partial charge in [-0.05, 0) is 73.2 Å². The quantitative estimate of drug-likeness (QED) is 0.811. The SMILES string of the molecule is CC(=O)N(CCNS(=O)(=O)c1ccc2c(c1)CCCC2)c1ccc(C#N)cc1. The van der Waals surface area contributed by atoms with Crippen molar-refractivity contribution in [2.75, 3.05) is 18.0 Å². The van der Waals surface area contributed by atoms with Gasteiger partial charge in [0.25, 0.3) is 0 Å². The van der Waals surface area contributed by atoms with Crippen LogP contribution in [-0.2, 0) is 27.7 Å². The number of nitriles is 1. The average Bonchev–Trinajstić information content (AvgIpc) is 2.70. The van der Waals surface area contributed by atoms with Crippen LogP contribution in [0.5, 0.6) is 0 Å². The minimum atomic E-state index is -3.64. The first kappa shape index (κ1) is 20.1. The van der Waals surface area contributed by atoms with E-state index in [0.29, 0.717) is 11.3 Å². The lowest BCUT2D eigenvalue weighted by Crippen LogP contribution is -2.37. The molecule has 0 unspecified atom stereocenters. The molecular weight excluding hydrogens is 374 g/mol. The van der Waals surface area contributed by atoms with Crippen molar-refractivity contribution in [1.82, 2.24) is 4.72 Å². The number of hydrogen-bond acceptors (Lipinski definition) is 4. The number of hydrogen-bond donors (Lipinski definition) is 1. The molecule has 28 heavy (non-hydrogen) atoms. The first-order valence-corrected chi connectivity index (χ1v) is 10.8. The smallest absolute Gasteiger partial charge is 0.240 e. The number of nitrogens with zero attached hydrogens (tertiary/aromatic N) is 2. The molecule has 0 heterocycles. The van der Waals surface area contributed by atoms with Gasteiger partial charge >= 0.3 is 0 Å². The number of carbonyl (C=O) groups is 1. The lowest BCUT2D eigenvalue weighted by atomic mass is 9.92. The Bertz CT molecular complexity index is 1010. The predicted molar refractivity (Wildman–Crippen MR) is 107 cm³/mol. The summed E-state index contributed by atoms with van der Waals surface area (Å²) in [6.45, 7) is 1.72. The molecule has 146 valence electrons. The molecule has 1 aliphatic rings. The summed E-state index contributed by atoms with van der Waals surface area (Å²) in [5, 5.41) is 8.88. The monoisotopic (exact) mass is 397 g/mol. The second-order valence-corrected chi connectivity index (χ2v) is 8.63. The van der Waals surface area contributed by atoms with E-state index in [1.165, 1.54) is 17.4 Å². The summed E-state index contributed by atoms with van der Waals surface area (Å²) in [5.41, 5.74) is 3.46. The van der Waals surface area contributed by atoms with Crippen LogP contribution in [0.3, 0.4) is 0 Å². The van der Waals surface area contributed by atoms with Gasteiger partial charge in [0, 0.05) is 25.7 Å². The van der Waals surface area contributed by atoms with Crippen LogP contribution in [0, 0.1) is 11.3 Å².